The van der Waals surface area contributed by atoms with Crippen molar-refractivity contribution in [1.82, 2.24) is 0 Å². The standard InChI is InChI=1S/C11H14BrFO2/c1-7(2)6-15-11-9(12)4-8(13)5-10(11)14-3/h4-5,7H,6H2,1-3H3. The molecule has 0 saturated heterocycles. The maximum atomic E-state index is 13.0. The number of methoxy groups -OCH3 is 1. The average molecular weight is 277 g/mol. The summed E-state index contributed by atoms with van der Waals surface area (Å²) in [4.78, 5) is 0. The monoisotopic (exact) mass is 276 g/mol. The number of halogens is 2. The molecule has 0 atom stereocenters. The summed E-state index contributed by atoms with van der Waals surface area (Å²) in [5.41, 5.74) is 0. The van der Waals surface area contributed by atoms with E-state index in [1.165, 1.54) is 19.2 Å². The van der Waals surface area contributed by atoms with Crippen LogP contribution in [-0.4, -0.2) is 13.7 Å². The third kappa shape index (κ3) is 3.38. The Balaban J connectivity index is 2.93. The van der Waals surface area contributed by atoms with Gasteiger partial charge in [-0.25, -0.2) is 4.39 Å². The summed E-state index contributed by atoms with van der Waals surface area (Å²) in [7, 11) is 1.49. The van der Waals surface area contributed by atoms with Crippen LogP contribution in [0.4, 0.5) is 4.39 Å². The van der Waals surface area contributed by atoms with Crippen LogP contribution in [0.15, 0.2) is 16.6 Å². The number of hydrogen-bond donors (Lipinski definition) is 0. The second-order valence-corrected chi connectivity index (χ2v) is 4.48. The molecule has 1 aromatic carbocycles. The van der Waals surface area contributed by atoms with Crippen molar-refractivity contribution in [2.75, 3.05) is 13.7 Å². The second-order valence-electron chi connectivity index (χ2n) is 3.62. The summed E-state index contributed by atoms with van der Waals surface area (Å²) in [5, 5.41) is 0. The molecule has 0 amide bonds. The smallest absolute Gasteiger partial charge is 0.175 e. The topological polar surface area (TPSA) is 18.5 Å². The lowest BCUT2D eigenvalue weighted by Gasteiger charge is -2.13. The van der Waals surface area contributed by atoms with Crippen molar-refractivity contribution in [3.8, 4) is 11.5 Å². The molecule has 1 aromatic rings. The zero-order valence-corrected chi connectivity index (χ0v) is 10.6. The van der Waals surface area contributed by atoms with Crippen molar-refractivity contribution in [2.45, 2.75) is 13.8 Å². The fourth-order valence-corrected chi connectivity index (χ4v) is 1.61. The molecule has 84 valence electrons. The van der Waals surface area contributed by atoms with Gasteiger partial charge in [-0.3, -0.25) is 0 Å². The molecule has 0 N–H and O–H groups in total. The summed E-state index contributed by atoms with van der Waals surface area (Å²) in [5.74, 6) is 1.01. The minimum Gasteiger partial charge on any atom is -0.493 e. The number of rotatable bonds is 4. The van der Waals surface area contributed by atoms with E-state index >= 15 is 0 Å². The molecule has 0 spiro atoms. The van der Waals surface area contributed by atoms with E-state index in [2.05, 4.69) is 15.9 Å². The van der Waals surface area contributed by atoms with Crippen molar-refractivity contribution in [3.63, 3.8) is 0 Å². The molecule has 0 unspecified atom stereocenters. The van der Waals surface area contributed by atoms with E-state index in [1.54, 1.807) is 0 Å². The summed E-state index contributed by atoms with van der Waals surface area (Å²) in [6.07, 6.45) is 0. The number of hydrogen-bond acceptors (Lipinski definition) is 2. The van der Waals surface area contributed by atoms with Gasteiger partial charge in [0.1, 0.15) is 5.82 Å². The van der Waals surface area contributed by atoms with Gasteiger partial charge in [-0.05, 0) is 27.9 Å². The molecule has 15 heavy (non-hydrogen) atoms. The molecule has 1 rings (SSSR count). The Hall–Kier alpha value is -0.770. The van der Waals surface area contributed by atoms with Gasteiger partial charge in [-0.2, -0.15) is 0 Å². The van der Waals surface area contributed by atoms with Crippen LogP contribution in [-0.2, 0) is 0 Å². The summed E-state index contributed by atoms with van der Waals surface area (Å²) >= 11 is 3.24. The fourth-order valence-electron chi connectivity index (χ4n) is 1.08. The highest BCUT2D eigenvalue weighted by molar-refractivity contribution is 9.10. The summed E-state index contributed by atoms with van der Waals surface area (Å²) < 4.78 is 24.2. The molecule has 0 aliphatic rings. The molecular formula is C11H14BrFO2. The highest BCUT2D eigenvalue weighted by atomic mass is 79.9. The minimum absolute atomic E-state index is 0.351. The number of ether oxygens (including phenoxy) is 2. The van der Waals surface area contributed by atoms with Crippen molar-refractivity contribution in [3.05, 3.63) is 22.4 Å². The Morgan fingerprint density at radius 3 is 2.60 bits per heavy atom. The largest absolute Gasteiger partial charge is 0.493 e. The molecule has 0 fully saturated rings. The van der Waals surface area contributed by atoms with E-state index in [4.69, 9.17) is 9.47 Å². The van der Waals surface area contributed by atoms with Crippen LogP contribution in [0, 0.1) is 11.7 Å². The maximum Gasteiger partial charge on any atom is 0.175 e. The van der Waals surface area contributed by atoms with Gasteiger partial charge in [0, 0.05) is 6.07 Å². The first-order valence-electron chi connectivity index (χ1n) is 4.70. The van der Waals surface area contributed by atoms with Crippen LogP contribution >= 0.6 is 15.9 Å². The maximum absolute atomic E-state index is 13.0. The van der Waals surface area contributed by atoms with E-state index < -0.39 is 0 Å². The first-order chi connectivity index (χ1) is 7.04. The first kappa shape index (κ1) is 12.3. The van der Waals surface area contributed by atoms with E-state index in [0.29, 0.717) is 28.5 Å². The molecule has 0 heterocycles. The predicted molar refractivity (Wildman–Crippen MR) is 61.0 cm³/mol. The van der Waals surface area contributed by atoms with Crippen molar-refractivity contribution in [1.29, 1.82) is 0 Å². The molecule has 0 aliphatic carbocycles. The lowest BCUT2D eigenvalue weighted by atomic mass is 10.2. The fraction of sp³-hybridized carbons (Fsp3) is 0.455. The third-order valence-electron chi connectivity index (χ3n) is 1.76. The van der Waals surface area contributed by atoms with Crippen LogP contribution in [0.3, 0.4) is 0 Å². The van der Waals surface area contributed by atoms with Crippen molar-refractivity contribution < 1.29 is 13.9 Å². The predicted octanol–water partition coefficient (Wildman–Crippen LogP) is 3.63. The van der Waals surface area contributed by atoms with E-state index in [1.807, 2.05) is 13.8 Å². The molecule has 0 aliphatic heterocycles. The van der Waals surface area contributed by atoms with Gasteiger partial charge >= 0.3 is 0 Å². The highest BCUT2D eigenvalue weighted by Gasteiger charge is 2.12. The Labute approximate surface area is 97.5 Å². The Bertz CT molecular complexity index is 340. The van der Waals surface area contributed by atoms with Gasteiger partial charge in [0.15, 0.2) is 11.5 Å². The van der Waals surface area contributed by atoms with E-state index in [0.717, 1.165) is 0 Å². The quantitative estimate of drug-likeness (QED) is 0.836. The van der Waals surface area contributed by atoms with Crippen LogP contribution in [0.2, 0.25) is 0 Å². The SMILES string of the molecule is COc1cc(F)cc(Br)c1OCC(C)C. The zero-order chi connectivity index (χ0) is 11.4. The summed E-state index contributed by atoms with van der Waals surface area (Å²) in [6, 6.07) is 2.67. The van der Waals surface area contributed by atoms with Crippen LogP contribution in [0.5, 0.6) is 11.5 Å². The average Bonchev–Trinajstić information content (AvgIpc) is 2.14. The van der Waals surface area contributed by atoms with E-state index in [-0.39, 0.29) is 5.82 Å². The van der Waals surface area contributed by atoms with Crippen LogP contribution < -0.4 is 9.47 Å². The van der Waals surface area contributed by atoms with Gasteiger partial charge in [0.2, 0.25) is 0 Å². The molecule has 0 bridgehead atoms. The molecule has 0 radical (unpaired) electrons. The van der Waals surface area contributed by atoms with Gasteiger partial charge < -0.3 is 9.47 Å². The zero-order valence-electron chi connectivity index (χ0n) is 9.01. The first-order valence-corrected chi connectivity index (χ1v) is 5.49. The Kier molecular flexibility index (Phi) is 4.39. The van der Waals surface area contributed by atoms with E-state index in [9.17, 15) is 4.39 Å². The highest BCUT2D eigenvalue weighted by Crippen LogP contribution is 2.36. The third-order valence-corrected chi connectivity index (χ3v) is 2.34. The van der Waals surface area contributed by atoms with Crippen LogP contribution in [0.25, 0.3) is 0 Å². The van der Waals surface area contributed by atoms with Crippen molar-refractivity contribution in [2.24, 2.45) is 5.92 Å². The van der Waals surface area contributed by atoms with Gasteiger partial charge in [0.25, 0.3) is 0 Å². The lowest BCUT2D eigenvalue weighted by Crippen LogP contribution is -2.06. The second kappa shape index (κ2) is 5.35. The molecule has 4 heteroatoms. The summed E-state index contributed by atoms with van der Waals surface area (Å²) in [6.45, 7) is 4.66. The van der Waals surface area contributed by atoms with Crippen molar-refractivity contribution >= 4 is 15.9 Å². The lowest BCUT2D eigenvalue weighted by molar-refractivity contribution is 0.254. The van der Waals surface area contributed by atoms with Gasteiger partial charge in [-0.15, -0.1) is 0 Å². The Morgan fingerprint density at radius 1 is 1.40 bits per heavy atom. The molecule has 0 aromatic heterocycles. The normalized spacial score (nSPS) is 10.5. The van der Waals surface area contributed by atoms with Crippen LogP contribution in [0.1, 0.15) is 13.8 Å². The minimum atomic E-state index is -0.351. The molecule has 2 nitrogen and oxygen atoms in total. The Morgan fingerprint density at radius 2 is 2.07 bits per heavy atom. The molecular weight excluding hydrogens is 263 g/mol. The molecule has 0 saturated carbocycles. The van der Waals surface area contributed by atoms with Gasteiger partial charge in [0.05, 0.1) is 18.2 Å². The number of benzene rings is 1. The van der Waals surface area contributed by atoms with Gasteiger partial charge in [-0.1, -0.05) is 13.8 Å².